The molecule has 0 saturated carbocycles. The van der Waals surface area contributed by atoms with Gasteiger partial charge in [0.1, 0.15) is 5.75 Å². The van der Waals surface area contributed by atoms with E-state index in [-0.39, 0.29) is 36.3 Å². The van der Waals surface area contributed by atoms with Gasteiger partial charge in [0, 0.05) is 31.6 Å². The maximum absolute atomic E-state index is 12.9. The molecule has 3 N–H and O–H groups in total. The lowest BCUT2D eigenvalue weighted by Gasteiger charge is -2.40. The van der Waals surface area contributed by atoms with Gasteiger partial charge in [0.2, 0.25) is 10.0 Å². The van der Waals surface area contributed by atoms with Crippen molar-refractivity contribution in [3.05, 3.63) is 62.6 Å². The van der Waals surface area contributed by atoms with E-state index < -0.39 is 10.0 Å². The van der Waals surface area contributed by atoms with E-state index >= 15 is 0 Å². The predicted octanol–water partition coefficient (Wildman–Crippen LogP) is 4.61. The molecule has 2 aliphatic heterocycles. The smallest absolute Gasteiger partial charge is 0.218 e. The second-order valence-electron chi connectivity index (χ2n) is 8.64. The second kappa shape index (κ2) is 10.7. The van der Waals surface area contributed by atoms with Gasteiger partial charge in [0.05, 0.1) is 28.0 Å². The number of hydrogen-bond acceptors (Lipinski definition) is 5. The fourth-order valence-electron chi connectivity index (χ4n) is 4.74. The summed E-state index contributed by atoms with van der Waals surface area (Å²) in [5.74, 6) is 0.411. The third kappa shape index (κ3) is 5.61. The third-order valence-electron chi connectivity index (χ3n) is 6.58. The number of sulfonamides is 1. The van der Waals surface area contributed by atoms with Crippen molar-refractivity contribution in [3.63, 3.8) is 0 Å². The van der Waals surface area contributed by atoms with Gasteiger partial charge in [-0.2, -0.15) is 0 Å². The summed E-state index contributed by atoms with van der Waals surface area (Å²) in [6, 6.07) is 8.77. The average Bonchev–Trinajstić information content (AvgIpc) is 2.78. The van der Waals surface area contributed by atoms with Crippen molar-refractivity contribution in [1.29, 1.82) is 0 Å². The normalized spacial score (nSPS) is 21.9. The van der Waals surface area contributed by atoms with E-state index in [9.17, 15) is 13.5 Å². The molecule has 2 aromatic carbocycles. The minimum atomic E-state index is -3.47. The molecule has 4 rings (SSSR count). The number of fused-ring (bicyclic) bond motifs is 1. The number of rotatable bonds is 5. The van der Waals surface area contributed by atoms with Crippen LogP contribution < -0.4 is 5.73 Å². The number of ether oxygens (including phenoxy) is 1. The molecule has 10 heteroatoms. The van der Waals surface area contributed by atoms with E-state index in [2.05, 4.69) is 0 Å². The number of benzene rings is 2. The number of phenolic OH excluding ortho intramolecular Hbond substituents is 1. The Morgan fingerprint density at radius 1 is 1.15 bits per heavy atom. The van der Waals surface area contributed by atoms with Crippen molar-refractivity contribution in [2.75, 3.05) is 19.6 Å². The quantitative estimate of drug-likeness (QED) is 0.583. The summed E-state index contributed by atoms with van der Waals surface area (Å²) in [5, 5.41) is 11.3. The number of piperidine rings is 1. The van der Waals surface area contributed by atoms with Gasteiger partial charge in [-0.15, -0.1) is 12.4 Å². The van der Waals surface area contributed by atoms with Crippen molar-refractivity contribution in [3.8, 4) is 5.75 Å². The molecular weight excluding hydrogens is 507 g/mol. The first kappa shape index (κ1) is 26.5. The van der Waals surface area contributed by atoms with Gasteiger partial charge in [0.15, 0.2) is 0 Å². The van der Waals surface area contributed by atoms with Crippen molar-refractivity contribution < 1.29 is 18.3 Å². The summed E-state index contributed by atoms with van der Waals surface area (Å²) in [7, 11) is -3.47. The number of aromatic hydroxyl groups is 1. The van der Waals surface area contributed by atoms with Gasteiger partial charge in [-0.25, -0.2) is 12.7 Å². The van der Waals surface area contributed by atoms with E-state index in [4.69, 9.17) is 33.7 Å². The predicted molar refractivity (Wildman–Crippen MR) is 134 cm³/mol. The minimum absolute atomic E-state index is 0. The summed E-state index contributed by atoms with van der Waals surface area (Å²) in [6.07, 6.45) is 1.66. The zero-order chi connectivity index (χ0) is 23.0. The number of phenols is 1. The van der Waals surface area contributed by atoms with Crippen molar-refractivity contribution in [2.45, 2.75) is 44.1 Å². The Kier molecular flexibility index (Phi) is 8.60. The van der Waals surface area contributed by atoms with Crippen LogP contribution in [0.5, 0.6) is 5.75 Å². The molecule has 0 spiro atoms. The zero-order valence-corrected chi connectivity index (χ0v) is 21.5. The molecule has 1 fully saturated rings. The number of halogens is 3. The van der Waals surface area contributed by atoms with Gasteiger partial charge in [0.25, 0.3) is 0 Å². The molecule has 0 unspecified atom stereocenters. The molecule has 0 amide bonds. The molecule has 2 heterocycles. The van der Waals surface area contributed by atoms with Gasteiger partial charge < -0.3 is 15.6 Å². The lowest BCUT2D eigenvalue weighted by molar-refractivity contribution is -0.0612. The van der Waals surface area contributed by atoms with Crippen molar-refractivity contribution >= 4 is 45.6 Å². The maximum Gasteiger partial charge on any atom is 0.218 e. The van der Waals surface area contributed by atoms with Gasteiger partial charge >= 0.3 is 0 Å². The topological polar surface area (TPSA) is 92.9 Å². The first-order chi connectivity index (χ1) is 15.2. The highest BCUT2D eigenvalue weighted by atomic mass is 35.5. The zero-order valence-electron chi connectivity index (χ0n) is 18.3. The van der Waals surface area contributed by atoms with E-state index in [0.29, 0.717) is 60.3 Å². The Labute approximate surface area is 211 Å². The SMILES string of the molecule is Cc1ccc2c(c1O)C[C@@H](C1CCN(S(=O)(=O)Cc3ccc(Cl)c(Cl)c3)CC1)O[C@H]2CN.Cl. The van der Waals surface area contributed by atoms with Gasteiger partial charge in [-0.1, -0.05) is 41.4 Å². The Balaban J connectivity index is 0.00000306. The van der Waals surface area contributed by atoms with Crippen LogP contribution in [0.1, 0.15) is 41.2 Å². The molecule has 1 saturated heterocycles. The van der Waals surface area contributed by atoms with Crippen LogP contribution in [0.4, 0.5) is 0 Å². The molecule has 0 bridgehead atoms. The van der Waals surface area contributed by atoms with Crippen LogP contribution in [0.2, 0.25) is 10.0 Å². The third-order valence-corrected chi connectivity index (χ3v) is 9.17. The van der Waals surface area contributed by atoms with E-state index in [1.807, 2.05) is 19.1 Å². The van der Waals surface area contributed by atoms with Crippen LogP contribution in [0.25, 0.3) is 0 Å². The summed E-state index contributed by atoms with van der Waals surface area (Å²) in [4.78, 5) is 0. The van der Waals surface area contributed by atoms with E-state index in [1.54, 1.807) is 22.5 Å². The Hall–Kier alpha value is -1.06. The van der Waals surface area contributed by atoms with Crippen molar-refractivity contribution in [1.82, 2.24) is 4.31 Å². The average molecular weight is 536 g/mol. The molecule has 0 aromatic heterocycles. The standard InChI is InChI=1S/C23H28Cl2N2O4S.ClH/c1-14-2-4-17-18(23(14)28)11-21(31-22(17)12-26)16-6-8-27(9-7-16)32(29,30)13-15-3-5-19(24)20(25)10-15;/h2-5,10,16,21-22,28H,6-9,11-13,26H2,1H3;1H/t21-,22-;/m0./s1. The van der Waals surface area contributed by atoms with Crippen LogP contribution in [-0.4, -0.2) is 43.6 Å². The number of nitrogens with zero attached hydrogens (tertiary/aromatic N) is 1. The molecule has 2 atom stereocenters. The molecule has 2 aliphatic rings. The maximum atomic E-state index is 12.9. The van der Waals surface area contributed by atoms with E-state index in [0.717, 1.165) is 16.7 Å². The van der Waals surface area contributed by atoms with Crippen LogP contribution >= 0.6 is 35.6 Å². The molecule has 33 heavy (non-hydrogen) atoms. The molecule has 0 radical (unpaired) electrons. The van der Waals surface area contributed by atoms with Crippen LogP contribution in [0, 0.1) is 12.8 Å². The lowest BCUT2D eigenvalue weighted by Crippen LogP contribution is -2.44. The second-order valence-corrected chi connectivity index (χ2v) is 11.4. The first-order valence-electron chi connectivity index (χ1n) is 10.8. The van der Waals surface area contributed by atoms with E-state index in [1.165, 1.54) is 0 Å². The highest BCUT2D eigenvalue weighted by Gasteiger charge is 2.37. The largest absolute Gasteiger partial charge is 0.507 e. The van der Waals surface area contributed by atoms with Gasteiger partial charge in [-0.3, -0.25) is 0 Å². The number of nitrogens with two attached hydrogens (primary N) is 1. The minimum Gasteiger partial charge on any atom is -0.507 e. The highest BCUT2D eigenvalue weighted by molar-refractivity contribution is 7.88. The molecule has 182 valence electrons. The van der Waals surface area contributed by atoms with Crippen molar-refractivity contribution in [2.24, 2.45) is 11.7 Å². The van der Waals surface area contributed by atoms with Gasteiger partial charge in [-0.05, 0) is 54.5 Å². The summed E-state index contributed by atoms with van der Waals surface area (Å²) < 4.78 is 33.7. The lowest BCUT2D eigenvalue weighted by atomic mass is 9.83. The monoisotopic (exact) mass is 534 g/mol. The molecular formula is C23H29Cl3N2O4S. The fraction of sp³-hybridized carbons (Fsp3) is 0.478. The fourth-order valence-corrected chi connectivity index (χ4v) is 6.61. The van der Waals surface area contributed by atoms with Crippen LogP contribution in [0.15, 0.2) is 30.3 Å². The number of hydrogen-bond donors (Lipinski definition) is 2. The van der Waals surface area contributed by atoms with Crippen LogP contribution in [0.3, 0.4) is 0 Å². The number of aryl methyl sites for hydroxylation is 1. The summed E-state index contributed by atoms with van der Waals surface area (Å²) >= 11 is 12.0. The Morgan fingerprint density at radius 3 is 2.48 bits per heavy atom. The van der Waals surface area contributed by atoms with Crippen LogP contribution in [-0.2, 0) is 26.9 Å². The summed E-state index contributed by atoms with van der Waals surface area (Å²) in [6.45, 7) is 3.10. The molecule has 2 aromatic rings. The molecule has 6 nitrogen and oxygen atoms in total. The Bertz CT molecular complexity index is 1110. The summed E-state index contributed by atoms with van der Waals surface area (Å²) in [5.41, 5.74) is 9.27. The Morgan fingerprint density at radius 2 is 1.85 bits per heavy atom. The molecule has 0 aliphatic carbocycles. The first-order valence-corrected chi connectivity index (χ1v) is 13.1. The highest BCUT2D eigenvalue weighted by Crippen LogP contribution is 2.40.